The Kier molecular flexibility index (Phi) is 6.20. The predicted molar refractivity (Wildman–Crippen MR) is 75.9 cm³/mol. The smallest absolute Gasteiger partial charge is 0.119 e. The molecule has 0 heterocycles. The lowest BCUT2D eigenvalue weighted by Gasteiger charge is -2.17. The van der Waals surface area contributed by atoms with Crippen LogP contribution in [0.4, 0.5) is 0 Å². The lowest BCUT2D eigenvalue weighted by atomic mass is 9.95. The molecular weight excluding hydrogens is 224 g/mol. The van der Waals surface area contributed by atoms with Crippen LogP contribution in [-0.4, -0.2) is 11.2 Å². The Morgan fingerprint density at radius 2 is 1.72 bits per heavy atom. The van der Waals surface area contributed by atoms with Crippen molar-refractivity contribution < 1.29 is 9.84 Å². The summed E-state index contributed by atoms with van der Waals surface area (Å²) < 4.78 is 5.59. The van der Waals surface area contributed by atoms with E-state index in [1.807, 2.05) is 38.1 Å². The van der Waals surface area contributed by atoms with E-state index in [1.54, 1.807) is 0 Å². The molecule has 0 amide bonds. The second kappa shape index (κ2) is 7.42. The van der Waals surface area contributed by atoms with E-state index >= 15 is 0 Å². The molecule has 1 aromatic carbocycles. The van der Waals surface area contributed by atoms with E-state index in [1.165, 1.54) is 12.8 Å². The molecule has 0 aromatic heterocycles. The summed E-state index contributed by atoms with van der Waals surface area (Å²) in [7, 11) is 0. The van der Waals surface area contributed by atoms with Crippen molar-refractivity contribution in [1.82, 2.24) is 0 Å². The number of aliphatic hydroxyl groups excluding tert-OH is 1. The van der Waals surface area contributed by atoms with Gasteiger partial charge in [0.25, 0.3) is 0 Å². The lowest BCUT2D eigenvalue weighted by Crippen LogP contribution is -2.06. The molecule has 0 radical (unpaired) electrons. The van der Waals surface area contributed by atoms with E-state index in [2.05, 4.69) is 13.8 Å². The van der Waals surface area contributed by atoms with Crippen LogP contribution in [0.25, 0.3) is 0 Å². The van der Waals surface area contributed by atoms with E-state index in [9.17, 15) is 5.11 Å². The van der Waals surface area contributed by atoms with Crippen LogP contribution in [0.15, 0.2) is 24.3 Å². The van der Waals surface area contributed by atoms with Gasteiger partial charge in [0.05, 0.1) is 12.2 Å². The zero-order valence-corrected chi connectivity index (χ0v) is 12.0. The number of benzene rings is 1. The zero-order chi connectivity index (χ0) is 13.5. The van der Waals surface area contributed by atoms with Gasteiger partial charge in [-0.15, -0.1) is 0 Å². The van der Waals surface area contributed by atoms with Crippen molar-refractivity contribution >= 4 is 0 Å². The number of hydrogen-bond acceptors (Lipinski definition) is 2. The second-order valence-electron chi connectivity index (χ2n) is 5.38. The summed E-state index contributed by atoms with van der Waals surface area (Å²) >= 11 is 0. The maximum atomic E-state index is 10.1. The molecular formula is C16H26O2. The lowest BCUT2D eigenvalue weighted by molar-refractivity contribution is 0.145. The Labute approximate surface area is 111 Å². The van der Waals surface area contributed by atoms with E-state index in [4.69, 9.17) is 4.74 Å². The van der Waals surface area contributed by atoms with Gasteiger partial charge in [-0.2, -0.15) is 0 Å². The molecule has 0 aliphatic rings. The summed E-state index contributed by atoms with van der Waals surface area (Å²) in [6.07, 6.45) is 3.00. The molecule has 2 atom stereocenters. The van der Waals surface area contributed by atoms with Crippen molar-refractivity contribution in [2.75, 3.05) is 0 Å². The van der Waals surface area contributed by atoms with Crippen LogP contribution >= 0.6 is 0 Å². The molecule has 0 fully saturated rings. The van der Waals surface area contributed by atoms with Crippen molar-refractivity contribution in [2.24, 2.45) is 5.92 Å². The predicted octanol–water partition coefficient (Wildman–Crippen LogP) is 4.33. The summed E-state index contributed by atoms with van der Waals surface area (Å²) in [6, 6.07) is 7.79. The Morgan fingerprint density at radius 1 is 1.11 bits per heavy atom. The molecule has 2 heteroatoms. The molecule has 0 saturated heterocycles. The summed E-state index contributed by atoms with van der Waals surface area (Å²) in [6.45, 7) is 8.40. The average molecular weight is 250 g/mol. The van der Waals surface area contributed by atoms with Crippen LogP contribution in [0.3, 0.4) is 0 Å². The monoisotopic (exact) mass is 250 g/mol. The van der Waals surface area contributed by atoms with Crippen LogP contribution in [0.2, 0.25) is 0 Å². The first-order chi connectivity index (χ1) is 8.52. The van der Waals surface area contributed by atoms with E-state index in [0.717, 1.165) is 17.7 Å². The van der Waals surface area contributed by atoms with Gasteiger partial charge in [0.2, 0.25) is 0 Å². The van der Waals surface area contributed by atoms with Crippen LogP contribution in [-0.2, 0) is 0 Å². The minimum atomic E-state index is -0.361. The third-order valence-electron chi connectivity index (χ3n) is 3.04. The zero-order valence-electron chi connectivity index (χ0n) is 12.0. The van der Waals surface area contributed by atoms with Gasteiger partial charge < -0.3 is 9.84 Å². The van der Waals surface area contributed by atoms with Crippen LogP contribution in [0, 0.1) is 5.92 Å². The fourth-order valence-corrected chi connectivity index (χ4v) is 2.17. The molecule has 2 unspecified atom stereocenters. The Bertz CT molecular complexity index is 329. The first-order valence-corrected chi connectivity index (χ1v) is 6.97. The minimum Gasteiger partial charge on any atom is -0.491 e. The maximum absolute atomic E-state index is 10.1. The topological polar surface area (TPSA) is 29.5 Å². The third-order valence-corrected chi connectivity index (χ3v) is 3.04. The van der Waals surface area contributed by atoms with Crippen molar-refractivity contribution in [2.45, 2.75) is 59.2 Å². The highest BCUT2D eigenvalue weighted by atomic mass is 16.5. The molecule has 0 aliphatic heterocycles. The second-order valence-corrected chi connectivity index (χ2v) is 5.38. The molecule has 0 spiro atoms. The standard InChI is InChI=1S/C16H26O2/c1-5-6-13(4)11-16(17)14-7-9-15(10-8-14)18-12(2)3/h7-10,12-13,16-17H,5-6,11H2,1-4H3. The van der Waals surface area contributed by atoms with Gasteiger partial charge in [-0.1, -0.05) is 38.8 Å². The largest absolute Gasteiger partial charge is 0.491 e. The molecule has 0 saturated carbocycles. The van der Waals surface area contributed by atoms with Gasteiger partial charge in [-0.25, -0.2) is 0 Å². The third kappa shape index (κ3) is 5.09. The maximum Gasteiger partial charge on any atom is 0.119 e. The van der Waals surface area contributed by atoms with Gasteiger partial charge in [-0.3, -0.25) is 0 Å². The number of rotatable bonds is 7. The molecule has 1 N–H and O–H groups in total. The number of ether oxygens (including phenoxy) is 1. The molecule has 0 bridgehead atoms. The quantitative estimate of drug-likeness (QED) is 0.780. The highest BCUT2D eigenvalue weighted by Crippen LogP contribution is 2.25. The van der Waals surface area contributed by atoms with Gasteiger partial charge in [0.1, 0.15) is 5.75 Å². The van der Waals surface area contributed by atoms with Gasteiger partial charge in [0.15, 0.2) is 0 Å². The van der Waals surface area contributed by atoms with E-state index in [-0.39, 0.29) is 12.2 Å². The Morgan fingerprint density at radius 3 is 2.22 bits per heavy atom. The summed E-state index contributed by atoms with van der Waals surface area (Å²) in [5.74, 6) is 1.43. The molecule has 1 aromatic rings. The first kappa shape index (κ1) is 15.0. The summed E-state index contributed by atoms with van der Waals surface area (Å²) in [5.41, 5.74) is 0.981. The summed E-state index contributed by atoms with van der Waals surface area (Å²) in [4.78, 5) is 0. The number of hydrogen-bond donors (Lipinski definition) is 1. The highest BCUT2D eigenvalue weighted by Gasteiger charge is 2.12. The first-order valence-electron chi connectivity index (χ1n) is 6.97. The van der Waals surface area contributed by atoms with Crippen LogP contribution in [0.1, 0.15) is 58.6 Å². The number of aliphatic hydroxyl groups is 1. The van der Waals surface area contributed by atoms with Crippen molar-refractivity contribution in [1.29, 1.82) is 0 Å². The Balaban J connectivity index is 2.55. The fraction of sp³-hybridized carbons (Fsp3) is 0.625. The average Bonchev–Trinajstić information content (AvgIpc) is 2.29. The molecule has 102 valence electrons. The van der Waals surface area contributed by atoms with Gasteiger partial charge in [-0.05, 0) is 43.9 Å². The van der Waals surface area contributed by atoms with Crippen molar-refractivity contribution in [3.63, 3.8) is 0 Å². The highest BCUT2D eigenvalue weighted by molar-refractivity contribution is 5.28. The Hall–Kier alpha value is -1.02. The fourth-order valence-electron chi connectivity index (χ4n) is 2.17. The van der Waals surface area contributed by atoms with Gasteiger partial charge in [0, 0.05) is 0 Å². The molecule has 2 nitrogen and oxygen atoms in total. The van der Waals surface area contributed by atoms with Crippen molar-refractivity contribution in [3.05, 3.63) is 29.8 Å². The van der Waals surface area contributed by atoms with Crippen LogP contribution in [0.5, 0.6) is 5.75 Å². The van der Waals surface area contributed by atoms with Crippen molar-refractivity contribution in [3.8, 4) is 5.75 Å². The summed E-state index contributed by atoms with van der Waals surface area (Å²) in [5, 5.41) is 10.1. The molecule has 1 rings (SSSR count). The molecule has 0 aliphatic carbocycles. The normalized spacial score (nSPS) is 14.6. The van der Waals surface area contributed by atoms with Crippen LogP contribution < -0.4 is 4.74 Å². The van der Waals surface area contributed by atoms with E-state index < -0.39 is 0 Å². The SMILES string of the molecule is CCCC(C)CC(O)c1ccc(OC(C)C)cc1. The van der Waals surface area contributed by atoms with E-state index in [0.29, 0.717) is 5.92 Å². The van der Waals surface area contributed by atoms with Gasteiger partial charge >= 0.3 is 0 Å². The molecule has 18 heavy (non-hydrogen) atoms. The minimum absolute atomic E-state index is 0.186.